The van der Waals surface area contributed by atoms with Gasteiger partial charge in [-0.3, -0.25) is 0 Å². The average Bonchev–Trinajstić information content (AvgIpc) is 2.04. The van der Waals surface area contributed by atoms with Gasteiger partial charge in [0.2, 0.25) is 0 Å². The van der Waals surface area contributed by atoms with Crippen LogP contribution in [-0.2, 0) is 9.84 Å². The Morgan fingerprint density at radius 2 is 2.00 bits per heavy atom. The number of hydrogen-bond acceptors (Lipinski definition) is 3. The van der Waals surface area contributed by atoms with Gasteiger partial charge in [-0.15, -0.1) is 0 Å². The molecule has 13 heavy (non-hydrogen) atoms. The van der Waals surface area contributed by atoms with E-state index in [9.17, 15) is 17.2 Å². The number of rotatable bonds is 2. The Bertz CT molecular complexity index is 387. The summed E-state index contributed by atoms with van der Waals surface area (Å²) in [5, 5.41) is -0.741. The van der Waals surface area contributed by atoms with Crippen molar-refractivity contribution in [3.63, 3.8) is 0 Å². The topological polar surface area (TPSA) is 47.0 Å². The predicted octanol–water partition coefficient (Wildman–Crippen LogP) is 1.64. The van der Waals surface area contributed by atoms with Crippen molar-refractivity contribution >= 4 is 21.4 Å². The van der Waals surface area contributed by atoms with Crippen molar-refractivity contribution in [3.05, 3.63) is 24.4 Å². The third-order valence-corrected chi connectivity index (χ3v) is 3.23. The number of pyridine rings is 1. The van der Waals surface area contributed by atoms with Crippen LogP contribution in [0.15, 0.2) is 29.4 Å². The van der Waals surface area contributed by atoms with Crippen LogP contribution in [0.2, 0.25) is 0 Å². The first kappa shape index (κ1) is 10.3. The van der Waals surface area contributed by atoms with Crippen molar-refractivity contribution < 1.29 is 17.2 Å². The summed E-state index contributed by atoms with van der Waals surface area (Å²) < 4.78 is 42.1. The summed E-state index contributed by atoms with van der Waals surface area (Å²) in [5.74, 6) is 0. The molecule has 1 aromatic rings. The minimum Gasteiger partial charge on any atom is -0.244 e. The van der Waals surface area contributed by atoms with Crippen molar-refractivity contribution in [1.29, 1.82) is 0 Å². The second kappa shape index (κ2) is 3.19. The van der Waals surface area contributed by atoms with Crippen molar-refractivity contribution in [2.45, 2.75) is 9.74 Å². The van der Waals surface area contributed by atoms with Crippen molar-refractivity contribution in [2.24, 2.45) is 0 Å². The highest BCUT2D eigenvalue weighted by molar-refractivity contribution is 7.93. The van der Waals surface area contributed by atoms with Crippen LogP contribution in [0.4, 0.5) is 8.78 Å². The van der Waals surface area contributed by atoms with Crippen LogP contribution < -0.4 is 0 Å². The van der Waals surface area contributed by atoms with Gasteiger partial charge in [0, 0.05) is 6.20 Å². The highest BCUT2D eigenvalue weighted by Crippen LogP contribution is 2.31. The molecule has 0 aromatic carbocycles. The average molecular weight is 228 g/mol. The van der Waals surface area contributed by atoms with Gasteiger partial charge in [0.05, 0.1) is 0 Å². The summed E-state index contributed by atoms with van der Waals surface area (Å²) in [7, 11) is -4.86. The summed E-state index contributed by atoms with van der Waals surface area (Å²) in [4.78, 5) is 3.26. The zero-order valence-electron chi connectivity index (χ0n) is 6.12. The van der Waals surface area contributed by atoms with Crippen molar-refractivity contribution in [3.8, 4) is 0 Å². The molecule has 0 bridgehead atoms. The maximum atomic E-state index is 12.3. The summed E-state index contributed by atoms with van der Waals surface area (Å²) in [6, 6.07) is 3.64. The quantitative estimate of drug-likeness (QED) is 0.722. The van der Waals surface area contributed by atoms with E-state index in [1.807, 2.05) is 0 Å². The first-order valence-electron chi connectivity index (χ1n) is 3.08. The summed E-state index contributed by atoms with van der Waals surface area (Å²) in [6.07, 6.45) is 1.09. The molecule has 0 atom stereocenters. The van der Waals surface area contributed by atoms with Gasteiger partial charge in [-0.05, 0) is 23.7 Å². The summed E-state index contributed by atoms with van der Waals surface area (Å²) >= 11 is 4.40. The van der Waals surface area contributed by atoms with Gasteiger partial charge in [-0.1, -0.05) is 6.07 Å². The lowest BCUT2D eigenvalue weighted by Crippen LogP contribution is -2.22. The molecule has 0 fully saturated rings. The largest absolute Gasteiger partial charge is 0.428 e. The van der Waals surface area contributed by atoms with E-state index >= 15 is 0 Å². The monoisotopic (exact) mass is 227 g/mol. The lowest BCUT2D eigenvalue weighted by Gasteiger charge is -2.07. The SMILES string of the molecule is O=S(=O)(c1ccccn1)C(F)(F)Cl. The van der Waals surface area contributed by atoms with E-state index in [1.165, 1.54) is 12.1 Å². The molecule has 0 amide bonds. The van der Waals surface area contributed by atoms with E-state index in [1.54, 1.807) is 0 Å². The number of hydrogen-bond donors (Lipinski definition) is 0. The molecular formula is C6H4ClF2NO2S. The minimum atomic E-state index is -4.86. The molecule has 0 aliphatic carbocycles. The second-order valence-electron chi connectivity index (χ2n) is 2.12. The zero-order chi connectivity index (χ0) is 10.1. The number of halogens is 3. The number of nitrogens with zero attached hydrogens (tertiary/aromatic N) is 1. The number of aromatic nitrogens is 1. The molecule has 0 radical (unpaired) electrons. The van der Waals surface area contributed by atoms with E-state index in [0.717, 1.165) is 12.3 Å². The van der Waals surface area contributed by atoms with Gasteiger partial charge in [0.25, 0.3) is 9.84 Å². The highest BCUT2D eigenvalue weighted by atomic mass is 35.5. The molecule has 0 aliphatic rings. The summed E-state index contributed by atoms with van der Waals surface area (Å²) in [5.41, 5.74) is 0. The molecule has 0 N–H and O–H groups in total. The van der Waals surface area contributed by atoms with Crippen LogP contribution in [0.5, 0.6) is 0 Å². The lowest BCUT2D eigenvalue weighted by molar-refractivity contribution is 0.186. The highest BCUT2D eigenvalue weighted by Gasteiger charge is 2.44. The van der Waals surface area contributed by atoms with Gasteiger partial charge >= 0.3 is 4.71 Å². The molecule has 7 heteroatoms. The Kier molecular flexibility index (Phi) is 2.53. The Balaban J connectivity index is 3.26. The third kappa shape index (κ3) is 1.94. The van der Waals surface area contributed by atoms with Crippen LogP contribution in [-0.4, -0.2) is 18.1 Å². The first-order chi connectivity index (χ1) is 5.86. The zero-order valence-corrected chi connectivity index (χ0v) is 7.69. The molecule has 0 aliphatic heterocycles. The van der Waals surface area contributed by atoms with E-state index in [0.29, 0.717) is 0 Å². The first-order valence-corrected chi connectivity index (χ1v) is 4.94. The fraction of sp³-hybridized carbons (Fsp3) is 0.167. The van der Waals surface area contributed by atoms with Crippen LogP contribution in [0.3, 0.4) is 0 Å². The molecule has 1 aromatic heterocycles. The van der Waals surface area contributed by atoms with Crippen molar-refractivity contribution in [1.82, 2.24) is 4.98 Å². The normalized spacial score (nSPS) is 12.8. The second-order valence-corrected chi connectivity index (χ2v) is 4.75. The molecule has 0 unspecified atom stereocenters. The van der Waals surface area contributed by atoms with Gasteiger partial charge in [-0.2, -0.15) is 8.78 Å². The third-order valence-electron chi connectivity index (χ3n) is 1.22. The standard InChI is InChI=1S/C6H4ClF2NO2S/c7-6(8,9)13(11,12)5-3-1-2-4-10-5/h1-4H. The van der Waals surface area contributed by atoms with E-state index in [2.05, 4.69) is 16.6 Å². The number of alkyl halides is 3. The Morgan fingerprint density at radius 3 is 2.38 bits per heavy atom. The smallest absolute Gasteiger partial charge is 0.244 e. The Hall–Kier alpha value is -0.750. The van der Waals surface area contributed by atoms with Crippen LogP contribution in [0, 0.1) is 0 Å². The van der Waals surface area contributed by atoms with Gasteiger partial charge < -0.3 is 0 Å². The maximum Gasteiger partial charge on any atom is 0.428 e. The van der Waals surface area contributed by atoms with Crippen LogP contribution in [0.1, 0.15) is 0 Å². The molecule has 1 rings (SSSR count). The van der Waals surface area contributed by atoms with E-state index < -0.39 is 19.6 Å². The van der Waals surface area contributed by atoms with Gasteiger partial charge in [0.15, 0.2) is 5.03 Å². The number of sulfone groups is 1. The van der Waals surface area contributed by atoms with Gasteiger partial charge in [0.1, 0.15) is 0 Å². The van der Waals surface area contributed by atoms with Gasteiger partial charge in [-0.25, -0.2) is 13.4 Å². The lowest BCUT2D eigenvalue weighted by atomic mass is 10.5. The minimum absolute atomic E-state index is 0.741. The van der Waals surface area contributed by atoms with Crippen LogP contribution in [0.25, 0.3) is 0 Å². The van der Waals surface area contributed by atoms with Crippen LogP contribution >= 0.6 is 11.6 Å². The Morgan fingerprint density at radius 1 is 1.38 bits per heavy atom. The molecule has 0 spiro atoms. The van der Waals surface area contributed by atoms with Crippen molar-refractivity contribution in [2.75, 3.05) is 0 Å². The molecule has 72 valence electrons. The Labute approximate surface area is 78.3 Å². The van der Waals surface area contributed by atoms with E-state index in [-0.39, 0.29) is 0 Å². The van der Waals surface area contributed by atoms with E-state index in [4.69, 9.17) is 0 Å². The fourth-order valence-electron chi connectivity index (χ4n) is 0.625. The molecule has 3 nitrogen and oxygen atoms in total. The molecule has 0 saturated carbocycles. The molecule has 1 heterocycles. The fourth-order valence-corrected chi connectivity index (χ4v) is 1.56. The summed E-state index contributed by atoms with van der Waals surface area (Å²) in [6.45, 7) is 0. The predicted molar refractivity (Wildman–Crippen MR) is 42.2 cm³/mol. The molecule has 0 saturated heterocycles. The maximum absolute atomic E-state index is 12.3. The molecular weight excluding hydrogens is 224 g/mol.